The van der Waals surface area contributed by atoms with Gasteiger partial charge in [0, 0.05) is 11.3 Å². The second-order valence-electron chi connectivity index (χ2n) is 7.06. The molecule has 0 N–H and O–H groups in total. The van der Waals surface area contributed by atoms with E-state index in [1.54, 1.807) is 6.92 Å². The van der Waals surface area contributed by atoms with Gasteiger partial charge in [0.2, 0.25) is 0 Å². The minimum atomic E-state index is -0.636. The Morgan fingerprint density at radius 2 is 1.52 bits per heavy atom. The maximum Gasteiger partial charge on any atom is 0.306 e. The Balaban J connectivity index is 1.76. The quantitative estimate of drug-likeness (QED) is 0.716. The summed E-state index contributed by atoms with van der Waals surface area (Å²) < 4.78 is 5.60. The van der Waals surface area contributed by atoms with Crippen molar-refractivity contribution < 1.29 is 14.3 Å². The van der Waals surface area contributed by atoms with E-state index in [2.05, 4.69) is 24.3 Å². The number of ketones is 1. The SMILES string of the molecule is CCC(C)(CC(=O)OCC1c2ccccc2-c2ccccc21)C(C)=O. The van der Waals surface area contributed by atoms with Crippen LogP contribution in [-0.2, 0) is 14.3 Å². The zero-order chi connectivity index (χ0) is 18.0. The van der Waals surface area contributed by atoms with E-state index in [9.17, 15) is 9.59 Å². The Bertz CT molecular complexity index is 763. The Morgan fingerprint density at radius 1 is 1.00 bits per heavy atom. The number of carbonyl (C=O) groups is 2. The summed E-state index contributed by atoms with van der Waals surface area (Å²) in [5.41, 5.74) is 4.17. The van der Waals surface area contributed by atoms with Gasteiger partial charge in [-0.2, -0.15) is 0 Å². The number of fused-ring (bicyclic) bond motifs is 3. The molecule has 2 aromatic rings. The van der Waals surface area contributed by atoms with E-state index in [1.807, 2.05) is 38.1 Å². The van der Waals surface area contributed by atoms with Crippen LogP contribution in [0.2, 0.25) is 0 Å². The molecular weight excluding hydrogens is 312 g/mol. The molecular formula is C22H24O3. The van der Waals surface area contributed by atoms with Crippen molar-refractivity contribution in [2.45, 2.75) is 39.5 Å². The largest absolute Gasteiger partial charge is 0.465 e. The average molecular weight is 336 g/mol. The fourth-order valence-corrected chi connectivity index (χ4v) is 3.48. The number of hydrogen-bond acceptors (Lipinski definition) is 3. The van der Waals surface area contributed by atoms with Gasteiger partial charge in [-0.1, -0.05) is 62.4 Å². The summed E-state index contributed by atoms with van der Waals surface area (Å²) in [7, 11) is 0. The fourth-order valence-electron chi connectivity index (χ4n) is 3.48. The number of benzene rings is 2. The van der Waals surface area contributed by atoms with E-state index in [4.69, 9.17) is 4.74 Å². The van der Waals surface area contributed by atoms with E-state index in [1.165, 1.54) is 22.3 Å². The van der Waals surface area contributed by atoms with E-state index in [-0.39, 0.29) is 24.1 Å². The van der Waals surface area contributed by atoms with Crippen molar-refractivity contribution in [2.75, 3.05) is 6.61 Å². The molecule has 0 fully saturated rings. The number of hydrogen-bond donors (Lipinski definition) is 0. The van der Waals surface area contributed by atoms with Crippen LogP contribution in [0, 0.1) is 5.41 Å². The van der Waals surface area contributed by atoms with Gasteiger partial charge >= 0.3 is 5.97 Å². The Kier molecular flexibility index (Phi) is 4.76. The number of ether oxygens (including phenoxy) is 1. The Hall–Kier alpha value is -2.42. The summed E-state index contributed by atoms with van der Waals surface area (Å²) in [4.78, 5) is 24.1. The Labute approximate surface area is 149 Å². The lowest BCUT2D eigenvalue weighted by Gasteiger charge is -2.24. The lowest BCUT2D eigenvalue weighted by molar-refractivity contribution is -0.149. The van der Waals surface area contributed by atoms with Crippen LogP contribution in [0.4, 0.5) is 0 Å². The van der Waals surface area contributed by atoms with Crippen molar-refractivity contribution in [1.29, 1.82) is 0 Å². The molecule has 0 aromatic heterocycles. The van der Waals surface area contributed by atoms with Crippen molar-refractivity contribution in [2.24, 2.45) is 5.41 Å². The first-order valence-corrected chi connectivity index (χ1v) is 8.81. The molecule has 3 heteroatoms. The second kappa shape index (κ2) is 6.83. The van der Waals surface area contributed by atoms with Crippen LogP contribution in [0.15, 0.2) is 48.5 Å². The molecule has 3 nitrogen and oxygen atoms in total. The first-order chi connectivity index (χ1) is 12.0. The van der Waals surface area contributed by atoms with Crippen LogP contribution in [0.3, 0.4) is 0 Å². The molecule has 0 heterocycles. The zero-order valence-corrected chi connectivity index (χ0v) is 15.0. The molecule has 3 rings (SSSR count). The van der Waals surface area contributed by atoms with Gasteiger partial charge in [0.05, 0.1) is 6.42 Å². The van der Waals surface area contributed by atoms with Crippen molar-refractivity contribution in [3.8, 4) is 11.1 Å². The maximum absolute atomic E-state index is 12.3. The zero-order valence-electron chi connectivity index (χ0n) is 15.0. The Morgan fingerprint density at radius 3 is 2.00 bits per heavy atom. The highest BCUT2D eigenvalue weighted by Crippen LogP contribution is 2.44. The highest BCUT2D eigenvalue weighted by atomic mass is 16.5. The van der Waals surface area contributed by atoms with E-state index < -0.39 is 5.41 Å². The van der Waals surface area contributed by atoms with E-state index in [0.29, 0.717) is 13.0 Å². The summed E-state index contributed by atoms with van der Waals surface area (Å²) in [6.07, 6.45) is 0.765. The topological polar surface area (TPSA) is 43.4 Å². The van der Waals surface area contributed by atoms with Gasteiger partial charge in [-0.15, -0.1) is 0 Å². The third-order valence-electron chi connectivity index (χ3n) is 5.54. The van der Waals surface area contributed by atoms with Crippen molar-refractivity contribution in [3.05, 3.63) is 59.7 Å². The molecule has 2 aromatic carbocycles. The van der Waals surface area contributed by atoms with Crippen LogP contribution < -0.4 is 0 Å². The fraction of sp³-hybridized carbons (Fsp3) is 0.364. The highest BCUT2D eigenvalue weighted by Gasteiger charge is 2.33. The van der Waals surface area contributed by atoms with Gasteiger partial charge in [0.25, 0.3) is 0 Å². The van der Waals surface area contributed by atoms with Crippen LogP contribution in [0.25, 0.3) is 11.1 Å². The van der Waals surface area contributed by atoms with Gasteiger partial charge in [-0.3, -0.25) is 9.59 Å². The second-order valence-corrected chi connectivity index (χ2v) is 7.06. The summed E-state index contributed by atoms with van der Waals surface area (Å²) in [6, 6.07) is 16.5. The first kappa shape index (κ1) is 17.4. The number of esters is 1. The molecule has 1 aliphatic rings. The van der Waals surface area contributed by atoms with Gasteiger partial charge in [0.1, 0.15) is 12.4 Å². The average Bonchev–Trinajstić information content (AvgIpc) is 2.94. The molecule has 0 bridgehead atoms. The molecule has 0 radical (unpaired) electrons. The van der Waals surface area contributed by atoms with Gasteiger partial charge in [-0.25, -0.2) is 0 Å². The van der Waals surface area contributed by atoms with Crippen LogP contribution in [0.5, 0.6) is 0 Å². The van der Waals surface area contributed by atoms with Crippen LogP contribution in [0.1, 0.15) is 50.7 Å². The van der Waals surface area contributed by atoms with E-state index >= 15 is 0 Å². The molecule has 25 heavy (non-hydrogen) atoms. The van der Waals surface area contributed by atoms with Crippen molar-refractivity contribution in [1.82, 2.24) is 0 Å². The van der Waals surface area contributed by atoms with Crippen molar-refractivity contribution >= 4 is 11.8 Å². The normalized spacial score (nSPS) is 15.2. The third kappa shape index (κ3) is 3.23. The molecule has 0 spiro atoms. The number of Topliss-reactive ketones (excluding diaryl/α,β-unsaturated/α-hetero) is 1. The first-order valence-electron chi connectivity index (χ1n) is 8.81. The smallest absolute Gasteiger partial charge is 0.306 e. The molecule has 1 atom stereocenters. The summed E-state index contributed by atoms with van der Waals surface area (Å²) in [5.74, 6) is -0.216. The monoisotopic (exact) mass is 336 g/mol. The van der Waals surface area contributed by atoms with Gasteiger partial charge in [0.15, 0.2) is 0 Å². The number of carbonyl (C=O) groups excluding carboxylic acids is 2. The summed E-state index contributed by atoms with van der Waals surface area (Å²) in [6.45, 7) is 5.61. The number of rotatable bonds is 6. The standard InChI is InChI=1S/C22H24O3/c1-4-22(3,15(2)23)13-21(24)25-14-20-18-11-7-5-9-16(18)17-10-6-8-12-19(17)20/h5-12,20H,4,13-14H2,1-3H3. The van der Waals surface area contributed by atoms with Crippen LogP contribution >= 0.6 is 0 Å². The lowest BCUT2D eigenvalue weighted by Crippen LogP contribution is -2.29. The lowest BCUT2D eigenvalue weighted by atomic mass is 9.80. The molecule has 0 saturated carbocycles. The summed E-state index contributed by atoms with van der Waals surface area (Å²) in [5, 5.41) is 0. The molecule has 0 saturated heterocycles. The maximum atomic E-state index is 12.3. The van der Waals surface area contributed by atoms with Crippen molar-refractivity contribution in [3.63, 3.8) is 0 Å². The molecule has 1 aliphatic carbocycles. The highest BCUT2D eigenvalue weighted by molar-refractivity contribution is 5.87. The van der Waals surface area contributed by atoms with Gasteiger partial charge in [-0.05, 0) is 35.6 Å². The van der Waals surface area contributed by atoms with Crippen LogP contribution in [-0.4, -0.2) is 18.4 Å². The molecule has 1 unspecified atom stereocenters. The summed E-state index contributed by atoms with van der Waals surface area (Å²) >= 11 is 0. The minimum Gasteiger partial charge on any atom is -0.465 e. The third-order valence-corrected chi connectivity index (χ3v) is 5.54. The molecule has 130 valence electrons. The predicted molar refractivity (Wildman–Crippen MR) is 98.4 cm³/mol. The predicted octanol–water partition coefficient (Wildman–Crippen LogP) is 4.74. The van der Waals surface area contributed by atoms with Gasteiger partial charge < -0.3 is 4.74 Å². The van der Waals surface area contributed by atoms with E-state index in [0.717, 1.165) is 0 Å². The molecule has 0 amide bonds. The minimum absolute atomic E-state index is 0.0310. The molecule has 0 aliphatic heterocycles.